The fourth-order valence-electron chi connectivity index (χ4n) is 0.979. The van der Waals surface area contributed by atoms with Crippen molar-refractivity contribution in [3.8, 4) is 0 Å². The molecule has 0 saturated carbocycles. The summed E-state index contributed by atoms with van der Waals surface area (Å²) >= 11 is 0. The second-order valence-electron chi connectivity index (χ2n) is 2.53. The Balaban J connectivity index is 3.02. The highest BCUT2D eigenvalue weighted by Crippen LogP contribution is 2.03. The molecule has 0 spiro atoms. The molecule has 0 amide bonds. The normalized spacial score (nSPS) is 13.0. The van der Waals surface area contributed by atoms with Crippen LogP contribution in [0.15, 0.2) is 0 Å². The zero-order valence-electron chi connectivity index (χ0n) is 6.90. The summed E-state index contributed by atoms with van der Waals surface area (Å²) in [5, 5.41) is 4.06. The average molecular weight is 153 g/mol. The van der Waals surface area contributed by atoms with E-state index in [9.17, 15) is 4.79 Å². The minimum absolute atomic E-state index is 0.212. The summed E-state index contributed by atoms with van der Waals surface area (Å²) in [4.78, 5) is 14.5. The molecule has 4 heteroatoms. The SMILES string of the molecule is Cc1nc(C)n(C(C)C=O)n1. The van der Waals surface area contributed by atoms with Gasteiger partial charge in [-0.3, -0.25) is 0 Å². The molecule has 1 aromatic rings. The molecule has 1 rings (SSSR count). The molecule has 0 saturated heterocycles. The molecule has 1 unspecified atom stereocenters. The highest BCUT2D eigenvalue weighted by molar-refractivity contribution is 5.54. The van der Waals surface area contributed by atoms with Crippen molar-refractivity contribution >= 4 is 6.29 Å². The maximum absolute atomic E-state index is 10.4. The second kappa shape index (κ2) is 2.82. The van der Waals surface area contributed by atoms with Gasteiger partial charge < -0.3 is 4.79 Å². The van der Waals surface area contributed by atoms with Gasteiger partial charge in [-0.05, 0) is 20.8 Å². The van der Waals surface area contributed by atoms with Crippen LogP contribution in [0.1, 0.15) is 24.6 Å². The van der Waals surface area contributed by atoms with Crippen LogP contribution in [0.25, 0.3) is 0 Å². The largest absolute Gasteiger partial charge is 0.301 e. The van der Waals surface area contributed by atoms with Crippen molar-refractivity contribution < 1.29 is 4.79 Å². The molecule has 0 aliphatic rings. The summed E-state index contributed by atoms with van der Waals surface area (Å²) in [5.74, 6) is 1.48. The number of rotatable bonds is 2. The lowest BCUT2D eigenvalue weighted by atomic mass is 10.4. The van der Waals surface area contributed by atoms with Crippen molar-refractivity contribution in [3.63, 3.8) is 0 Å². The van der Waals surface area contributed by atoms with Gasteiger partial charge in [-0.1, -0.05) is 0 Å². The molecule has 60 valence electrons. The van der Waals surface area contributed by atoms with Crippen LogP contribution in [-0.2, 0) is 4.79 Å². The number of hydrogen-bond donors (Lipinski definition) is 0. The monoisotopic (exact) mass is 153 g/mol. The van der Waals surface area contributed by atoms with E-state index in [-0.39, 0.29) is 6.04 Å². The standard InChI is InChI=1S/C7H11N3O/c1-5(4-11)10-7(3)8-6(2)9-10/h4-5H,1-3H3. The third kappa shape index (κ3) is 1.45. The molecule has 0 fully saturated rings. The van der Waals surface area contributed by atoms with Crippen LogP contribution in [0.2, 0.25) is 0 Å². The number of aromatic nitrogens is 3. The molecule has 1 aromatic heterocycles. The number of nitrogens with zero attached hydrogens (tertiary/aromatic N) is 3. The van der Waals surface area contributed by atoms with Crippen molar-refractivity contribution in [2.45, 2.75) is 26.8 Å². The van der Waals surface area contributed by atoms with Crippen LogP contribution in [0.3, 0.4) is 0 Å². The minimum atomic E-state index is -0.212. The molecule has 0 N–H and O–H groups in total. The van der Waals surface area contributed by atoms with Gasteiger partial charge in [-0.15, -0.1) is 0 Å². The molecule has 0 bridgehead atoms. The topological polar surface area (TPSA) is 47.8 Å². The molecule has 0 aliphatic heterocycles. The van der Waals surface area contributed by atoms with Gasteiger partial charge in [0.1, 0.15) is 24.0 Å². The van der Waals surface area contributed by atoms with Crippen molar-refractivity contribution in [1.82, 2.24) is 14.8 Å². The first-order valence-corrected chi connectivity index (χ1v) is 3.50. The third-order valence-corrected chi connectivity index (χ3v) is 1.49. The maximum Gasteiger partial charge on any atom is 0.147 e. The van der Waals surface area contributed by atoms with E-state index in [1.807, 2.05) is 6.92 Å². The van der Waals surface area contributed by atoms with E-state index in [1.165, 1.54) is 0 Å². The molecular formula is C7H11N3O. The van der Waals surface area contributed by atoms with Gasteiger partial charge in [0, 0.05) is 0 Å². The number of aryl methyl sites for hydroxylation is 2. The maximum atomic E-state index is 10.4. The molecule has 0 aliphatic carbocycles. The van der Waals surface area contributed by atoms with E-state index in [2.05, 4.69) is 10.1 Å². The van der Waals surface area contributed by atoms with Crippen LogP contribution in [0.5, 0.6) is 0 Å². The Morgan fingerprint density at radius 2 is 2.18 bits per heavy atom. The second-order valence-corrected chi connectivity index (χ2v) is 2.53. The van der Waals surface area contributed by atoms with Crippen molar-refractivity contribution in [3.05, 3.63) is 11.6 Å². The fraction of sp³-hybridized carbons (Fsp3) is 0.571. The lowest BCUT2D eigenvalue weighted by Crippen LogP contribution is -2.09. The predicted molar refractivity (Wildman–Crippen MR) is 40.3 cm³/mol. The Morgan fingerprint density at radius 3 is 2.55 bits per heavy atom. The molecule has 0 aromatic carbocycles. The molecule has 1 heterocycles. The first kappa shape index (κ1) is 7.91. The number of hydrogen-bond acceptors (Lipinski definition) is 3. The summed E-state index contributed by atoms with van der Waals surface area (Å²) < 4.78 is 1.61. The van der Waals surface area contributed by atoms with Gasteiger partial charge >= 0.3 is 0 Å². The van der Waals surface area contributed by atoms with Crippen LogP contribution < -0.4 is 0 Å². The van der Waals surface area contributed by atoms with E-state index in [0.717, 1.165) is 12.1 Å². The lowest BCUT2D eigenvalue weighted by molar-refractivity contribution is -0.110. The molecule has 4 nitrogen and oxygen atoms in total. The molecule has 11 heavy (non-hydrogen) atoms. The Morgan fingerprint density at radius 1 is 1.55 bits per heavy atom. The first-order valence-electron chi connectivity index (χ1n) is 3.50. The van der Waals surface area contributed by atoms with Crippen LogP contribution in [0, 0.1) is 13.8 Å². The fourth-order valence-corrected chi connectivity index (χ4v) is 0.979. The minimum Gasteiger partial charge on any atom is -0.301 e. The Kier molecular flexibility index (Phi) is 2.03. The van der Waals surface area contributed by atoms with Gasteiger partial charge in [-0.25, -0.2) is 9.67 Å². The van der Waals surface area contributed by atoms with Gasteiger partial charge in [0.2, 0.25) is 0 Å². The average Bonchev–Trinajstić information content (AvgIpc) is 2.28. The zero-order chi connectivity index (χ0) is 8.43. The van der Waals surface area contributed by atoms with Crippen LogP contribution in [0.4, 0.5) is 0 Å². The van der Waals surface area contributed by atoms with E-state index < -0.39 is 0 Å². The highest BCUT2D eigenvalue weighted by Gasteiger charge is 2.07. The molecule has 1 atom stereocenters. The number of carbonyl (C=O) groups excluding carboxylic acids is 1. The quantitative estimate of drug-likeness (QED) is 0.586. The Labute approximate surface area is 65.2 Å². The predicted octanol–water partition coefficient (Wildman–Crippen LogP) is 0.655. The summed E-state index contributed by atoms with van der Waals surface area (Å²) in [5.41, 5.74) is 0. The number of aldehydes is 1. The first-order chi connectivity index (χ1) is 5.15. The van der Waals surface area contributed by atoms with Crippen molar-refractivity contribution in [2.24, 2.45) is 0 Å². The lowest BCUT2D eigenvalue weighted by Gasteiger charge is -2.03. The van der Waals surface area contributed by atoms with Crippen LogP contribution >= 0.6 is 0 Å². The van der Waals surface area contributed by atoms with E-state index in [1.54, 1.807) is 18.5 Å². The summed E-state index contributed by atoms with van der Waals surface area (Å²) in [6.07, 6.45) is 0.848. The van der Waals surface area contributed by atoms with E-state index in [0.29, 0.717) is 5.82 Å². The van der Waals surface area contributed by atoms with E-state index in [4.69, 9.17) is 0 Å². The van der Waals surface area contributed by atoms with Crippen molar-refractivity contribution in [2.75, 3.05) is 0 Å². The third-order valence-electron chi connectivity index (χ3n) is 1.49. The molecule has 0 radical (unpaired) electrons. The van der Waals surface area contributed by atoms with Crippen LogP contribution in [-0.4, -0.2) is 21.1 Å². The molecular weight excluding hydrogens is 142 g/mol. The van der Waals surface area contributed by atoms with Gasteiger partial charge in [0.15, 0.2) is 0 Å². The van der Waals surface area contributed by atoms with Gasteiger partial charge in [-0.2, -0.15) is 5.10 Å². The summed E-state index contributed by atoms with van der Waals surface area (Å²) in [7, 11) is 0. The zero-order valence-corrected chi connectivity index (χ0v) is 6.90. The van der Waals surface area contributed by atoms with E-state index >= 15 is 0 Å². The van der Waals surface area contributed by atoms with Gasteiger partial charge in [0.25, 0.3) is 0 Å². The summed E-state index contributed by atoms with van der Waals surface area (Å²) in [6, 6.07) is -0.212. The number of carbonyl (C=O) groups is 1. The summed E-state index contributed by atoms with van der Waals surface area (Å²) in [6.45, 7) is 5.43. The Bertz CT molecular complexity index is 267. The van der Waals surface area contributed by atoms with Crippen molar-refractivity contribution in [1.29, 1.82) is 0 Å². The Hall–Kier alpha value is -1.19. The van der Waals surface area contributed by atoms with Gasteiger partial charge in [0.05, 0.1) is 0 Å². The highest BCUT2D eigenvalue weighted by atomic mass is 16.1. The smallest absolute Gasteiger partial charge is 0.147 e.